The summed E-state index contributed by atoms with van der Waals surface area (Å²) < 4.78 is 0. The van der Waals surface area contributed by atoms with Gasteiger partial charge in [-0.3, -0.25) is 4.79 Å². The van der Waals surface area contributed by atoms with Gasteiger partial charge in [0.1, 0.15) is 0 Å². The second-order valence-electron chi connectivity index (χ2n) is 4.18. The summed E-state index contributed by atoms with van der Waals surface area (Å²) in [6.07, 6.45) is 0. The van der Waals surface area contributed by atoms with Gasteiger partial charge in [0.25, 0.3) is 5.91 Å². The maximum atomic E-state index is 12.3. The summed E-state index contributed by atoms with van der Waals surface area (Å²) in [5.74, 6) is 1.01. The Kier molecular flexibility index (Phi) is 5.05. The van der Waals surface area contributed by atoms with Crippen LogP contribution in [-0.4, -0.2) is 24.4 Å². The quantitative estimate of drug-likeness (QED) is 0.772. The third-order valence-corrected chi connectivity index (χ3v) is 5.07. The topological polar surface area (TPSA) is 20.3 Å². The van der Waals surface area contributed by atoms with Crippen LogP contribution in [0.1, 0.15) is 22.2 Å². The minimum atomic E-state index is 0.0942. The van der Waals surface area contributed by atoms with E-state index in [0.717, 1.165) is 22.8 Å². The number of thioether (sulfide) groups is 1. The van der Waals surface area contributed by atoms with Crippen LogP contribution in [0, 0.1) is 0 Å². The van der Waals surface area contributed by atoms with Crippen molar-refractivity contribution in [1.82, 2.24) is 4.90 Å². The largest absolute Gasteiger partial charge is 0.342 e. The summed E-state index contributed by atoms with van der Waals surface area (Å²) in [5.41, 5.74) is 0.799. The van der Waals surface area contributed by atoms with Crippen molar-refractivity contribution in [2.45, 2.75) is 17.6 Å². The van der Waals surface area contributed by atoms with Gasteiger partial charge in [-0.1, -0.05) is 18.2 Å². The molecule has 0 atom stereocenters. The van der Waals surface area contributed by atoms with Gasteiger partial charge in [0.2, 0.25) is 0 Å². The Labute approximate surface area is 122 Å². The maximum Gasteiger partial charge on any atom is 0.254 e. The second kappa shape index (κ2) is 6.78. The molecule has 2 aromatic rings. The fourth-order valence-electron chi connectivity index (χ4n) is 1.66. The number of hydrogen-bond donors (Lipinski definition) is 0. The van der Waals surface area contributed by atoms with Gasteiger partial charge in [0.05, 0.1) is 5.56 Å². The van der Waals surface area contributed by atoms with Crippen LogP contribution >= 0.6 is 23.1 Å². The van der Waals surface area contributed by atoms with Crippen molar-refractivity contribution >= 4 is 29.0 Å². The van der Waals surface area contributed by atoms with E-state index in [9.17, 15) is 4.79 Å². The lowest BCUT2D eigenvalue weighted by molar-refractivity contribution is 0.0799. The Bertz CT molecular complexity index is 537. The molecule has 0 aliphatic rings. The van der Waals surface area contributed by atoms with E-state index in [2.05, 4.69) is 17.5 Å². The third-order valence-electron chi connectivity index (χ3n) is 2.89. The van der Waals surface area contributed by atoms with Crippen molar-refractivity contribution in [1.29, 1.82) is 0 Å². The van der Waals surface area contributed by atoms with E-state index in [4.69, 9.17) is 0 Å². The SMILES string of the molecule is CCN(C)C(=O)c1ccccc1SCc1cccs1. The lowest BCUT2D eigenvalue weighted by atomic mass is 10.2. The van der Waals surface area contributed by atoms with Crippen molar-refractivity contribution in [3.63, 3.8) is 0 Å². The average molecular weight is 291 g/mol. The molecular weight excluding hydrogens is 274 g/mol. The number of rotatable bonds is 5. The van der Waals surface area contributed by atoms with Crippen LogP contribution in [0.25, 0.3) is 0 Å². The van der Waals surface area contributed by atoms with Crippen molar-refractivity contribution in [3.05, 3.63) is 52.2 Å². The van der Waals surface area contributed by atoms with Crippen molar-refractivity contribution in [2.24, 2.45) is 0 Å². The van der Waals surface area contributed by atoms with E-state index in [0.29, 0.717) is 0 Å². The van der Waals surface area contributed by atoms with Crippen LogP contribution in [0.2, 0.25) is 0 Å². The number of carbonyl (C=O) groups is 1. The number of hydrogen-bond acceptors (Lipinski definition) is 3. The van der Waals surface area contributed by atoms with Gasteiger partial charge in [-0.15, -0.1) is 23.1 Å². The molecule has 0 aliphatic carbocycles. The maximum absolute atomic E-state index is 12.3. The monoisotopic (exact) mass is 291 g/mol. The Morgan fingerprint density at radius 2 is 2.05 bits per heavy atom. The van der Waals surface area contributed by atoms with Crippen molar-refractivity contribution < 1.29 is 4.79 Å². The first kappa shape index (κ1) is 14.2. The molecule has 0 bridgehead atoms. The molecule has 0 aliphatic heterocycles. The Hall–Kier alpha value is -1.26. The zero-order chi connectivity index (χ0) is 13.7. The fourth-order valence-corrected chi connectivity index (χ4v) is 3.48. The van der Waals surface area contributed by atoms with Crippen LogP contribution in [0.4, 0.5) is 0 Å². The highest BCUT2D eigenvalue weighted by Crippen LogP contribution is 2.28. The summed E-state index contributed by atoms with van der Waals surface area (Å²) in [4.78, 5) is 16.4. The van der Waals surface area contributed by atoms with E-state index in [1.54, 1.807) is 28.0 Å². The number of carbonyl (C=O) groups excluding carboxylic acids is 1. The van der Waals surface area contributed by atoms with Gasteiger partial charge >= 0.3 is 0 Å². The number of benzene rings is 1. The Balaban J connectivity index is 2.14. The molecule has 2 nitrogen and oxygen atoms in total. The predicted molar refractivity (Wildman–Crippen MR) is 83.0 cm³/mol. The average Bonchev–Trinajstić information content (AvgIpc) is 2.97. The summed E-state index contributed by atoms with van der Waals surface area (Å²) >= 11 is 3.47. The Morgan fingerprint density at radius 3 is 2.74 bits per heavy atom. The Morgan fingerprint density at radius 1 is 1.26 bits per heavy atom. The summed E-state index contributed by atoms with van der Waals surface area (Å²) in [7, 11) is 1.84. The van der Waals surface area contributed by atoms with Gasteiger partial charge in [-0.05, 0) is 30.5 Å². The number of nitrogens with zero attached hydrogens (tertiary/aromatic N) is 1. The third kappa shape index (κ3) is 3.61. The highest BCUT2D eigenvalue weighted by molar-refractivity contribution is 7.98. The first-order valence-corrected chi connectivity index (χ1v) is 8.08. The summed E-state index contributed by atoms with van der Waals surface area (Å²) in [5, 5.41) is 2.08. The molecule has 0 spiro atoms. The first-order valence-electron chi connectivity index (χ1n) is 6.22. The van der Waals surface area contributed by atoms with Crippen LogP contribution in [0.5, 0.6) is 0 Å². The molecule has 0 unspecified atom stereocenters. The van der Waals surface area contributed by atoms with E-state index in [1.165, 1.54) is 4.88 Å². The fraction of sp³-hybridized carbons (Fsp3) is 0.267. The molecule has 0 saturated heterocycles. The summed E-state index contributed by atoms with van der Waals surface area (Å²) in [6, 6.07) is 12.0. The standard InChI is InChI=1S/C15H17NOS2/c1-3-16(2)15(17)13-8-4-5-9-14(13)19-11-12-7-6-10-18-12/h4-10H,3,11H2,1-2H3. The van der Waals surface area contributed by atoms with E-state index in [-0.39, 0.29) is 5.91 Å². The molecular formula is C15H17NOS2. The van der Waals surface area contributed by atoms with Gasteiger partial charge in [-0.25, -0.2) is 0 Å². The van der Waals surface area contributed by atoms with Gasteiger partial charge in [0, 0.05) is 29.1 Å². The lowest BCUT2D eigenvalue weighted by Crippen LogP contribution is -2.26. The van der Waals surface area contributed by atoms with Crippen molar-refractivity contribution in [2.75, 3.05) is 13.6 Å². The van der Waals surface area contributed by atoms with Gasteiger partial charge in [0.15, 0.2) is 0 Å². The van der Waals surface area contributed by atoms with Crippen molar-refractivity contribution in [3.8, 4) is 0 Å². The molecule has 0 N–H and O–H groups in total. The number of thiophene rings is 1. The van der Waals surface area contributed by atoms with E-state index in [1.807, 2.05) is 38.2 Å². The molecule has 1 aromatic heterocycles. The van der Waals surface area contributed by atoms with Crippen LogP contribution in [0.3, 0.4) is 0 Å². The minimum absolute atomic E-state index is 0.0942. The molecule has 19 heavy (non-hydrogen) atoms. The first-order chi connectivity index (χ1) is 9.22. The predicted octanol–water partition coefficient (Wildman–Crippen LogP) is 4.13. The van der Waals surface area contributed by atoms with Crippen LogP contribution in [0.15, 0.2) is 46.7 Å². The lowest BCUT2D eigenvalue weighted by Gasteiger charge is -2.16. The molecule has 0 radical (unpaired) electrons. The molecule has 100 valence electrons. The van der Waals surface area contributed by atoms with Crippen LogP contribution < -0.4 is 0 Å². The molecule has 0 saturated carbocycles. The molecule has 1 aromatic carbocycles. The second-order valence-corrected chi connectivity index (χ2v) is 6.23. The smallest absolute Gasteiger partial charge is 0.254 e. The number of amides is 1. The zero-order valence-corrected chi connectivity index (χ0v) is 12.8. The molecule has 4 heteroatoms. The van der Waals surface area contributed by atoms with Crippen LogP contribution in [-0.2, 0) is 5.75 Å². The normalized spacial score (nSPS) is 10.4. The molecule has 2 rings (SSSR count). The minimum Gasteiger partial charge on any atom is -0.342 e. The highest BCUT2D eigenvalue weighted by atomic mass is 32.2. The summed E-state index contributed by atoms with van der Waals surface area (Å²) in [6.45, 7) is 2.71. The van der Waals surface area contributed by atoms with E-state index < -0.39 is 0 Å². The molecule has 1 heterocycles. The van der Waals surface area contributed by atoms with Gasteiger partial charge in [-0.2, -0.15) is 0 Å². The van der Waals surface area contributed by atoms with Gasteiger partial charge < -0.3 is 4.90 Å². The zero-order valence-electron chi connectivity index (χ0n) is 11.1. The van der Waals surface area contributed by atoms with E-state index >= 15 is 0 Å². The molecule has 0 fully saturated rings. The molecule has 1 amide bonds. The highest BCUT2D eigenvalue weighted by Gasteiger charge is 2.14.